The summed E-state index contributed by atoms with van der Waals surface area (Å²) in [5, 5.41) is 12.8. The standard InChI is InChI=1S/C18H13BrCl2N2O2/c1-10-3-4-13(8-15(10)20)23-18(24)12(9-22)5-11-6-14(19)17(25-2)16(21)7-11/h3-8H,1-2H3,(H,23,24)/b12-5-. The summed E-state index contributed by atoms with van der Waals surface area (Å²) in [5.74, 6) is -0.0541. The lowest BCUT2D eigenvalue weighted by molar-refractivity contribution is -0.112. The number of benzene rings is 2. The Bertz CT molecular complexity index is 881. The highest BCUT2D eigenvalue weighted by molar-refractivity contribution is 9.10. The van der Waals surface area contributed by atoms with Crippen molar-refractivity contribution in [2.75, 3.05) is 12.4 Å². The van der Waals surface area contributed by atoms with Crippen molar-refractivity contribution in [1.29, 1.82) is 5.26 Å². The molecular formula is C18H13BrCl2N2O2. The second-order valence-corrected chi connectivity index (χ2v) is 6.77. The Morgan fingerprint density at radius 3 is 2.56 bits per heavy atom. The van der Waals surface area contributed by atoms with Crippen LogP contribution in [0.2, 0.25) is 10.0 Å². The molecule has 0 aliphatic carbocycles. The molecule has 2 aromatic rings. The number of anilines is 1. The van der Waals surface area contributed by atoms with Gasteiger partial charge < -0.3 is 10.1 Å². The highest BCUT2D eigenvalue weighted by atomic mass is 79.9. The minimum atomic E-state index is -0.537. The van der Waals surface area contributed by atoms with Gasteiger partial charge in [0.05, 0.1) is 16.6 Å². The summed E-state index contributed by atoms with van der Waals surface area (Å²) in [7, 11) is 1.50. The number of carbonyl (C=O) groups is 1. The van der Waals surface area contributed by atoms with E-state index < -0.39 is 5.91 Å². The van der Waals surface area contributed by atoms with Crippen molar-refractivity contribution in [3.63, 3.8) is 0 Å². The number of ether oxygens (including phenoxy) is 1. The van der Waals surface area contributed by atoms with E-state index in [0.717, 1.165) is 5.56 Å². The van der Waals surface area contributed by atoms with Gasteiger partial charge in [0.15, 0.2) is 5.75 Å². The summed E-state index contributed by atoms with van der Waals surface area (Å²) in [6.45, 7) is 1.86. The maximum absolute atomic E-state index is 12.3. The van der Waals surface area contributed by atoms with Crippen molar-refractivity contribution < 1.29 is 9.53 Å². The SMILES string of the molecule is COc1c(Cl)cc(/C=C(/C#N)C(=O)Nc2ccc(C)c(Cl)c2)cc1Br. The van der Waals surface area contributed by atoms with Crippen LogP contribution in [0.1, 0.15) is 11.1 Å². The Balaban J connectivity index is 2.29. The summed E-state index contributed by atoms with van der Waals surface area (Å²) >= 11 is 15.5. The largest absolute Gasteiger partial charge is 0.494 e. The highest BCUT2D eigenvalue weighted by Gasteiger charge is 2.12. The number of rotatable bonds is 4. The van der Waals surface area contributed by atoms with Gasteiger partial charge in [-0.15, -0.1) is 0 Å². The number of carbonyl (C=O) groups excluding carboxylic acids is 1. The fourth-order valence-electron chi connectivity index (χ4n) is 2.04. The fourth-order valence-corrected chi connectivity index (χ4v) is 3.28. The quantitative estimate of drug-likeness (QED) is 0.496. The van der Waals surface area contributed by atoms with Gasteiger partial charge in [-0.1, -0.05) is 29.3 Å². The average molecular weight is 440 g/mol. The summed E-state index contributed by atoms with van der Waals surface area (Å²) in [5.41, 5.74) is 1.93. The molecule has 7 heteroatoms. The molecule has 128 valence electrons. The van der Waals surface area contributed by atoms with Crippen molar-refractivity contribution in [3.05, 3.63) is 61.5 Å². The van der Waals surface area contributed by atoms with Gasteiger partial charge in [0.2, 0.25) is 0 Å². The van der Waals surface area contributed by atoms with Crippen molar-refractivity contribution >= 4 is 56.8 Å². The van der Waals surface area contributed by atoms with Crippen molar-refractivity contribution in [1.82, 2.24) is 0 Å². The number of nitrogens with one attached hydrogen (secondary N) is 1. The maximum atomic E-state index is 12.3. The normalized spacial score (nSPS) is 11.0. The number of halogens is 3. The Morgan fingerprint density at radius 1 is 1.28 bits per heavy atom. The summed E-state index contributed by atoms with van der Waals surface area (Å²) in [6.07, 6.45) is 1.45. The Labute approximate surface area is 164 Å². The molecule has 0 saturated heterocycles. The third-order valence-electron chi connectivity index (χ3n) is 3.33. The molecule has 0 fully saturated rings. The van der Waals surface area contributed by atoms with Crippen LogP contribution in [0.25, 0.3) is 6.08 Å². The van der Waals surface area contributed by atoms with E-state index in [-0.39, 0.29) is 5.57 Å². The van der Waals surface area contributed by atoms with Gasteiger partial charge in [-0.3, -0.25) is 4.79 Å². The molecule has 0 spiro atoms. The van der Waals surface area contributed by atoms with E-state index >= 15 is 0 Å². The molecule has 0 aliphatic heterocycles. The first kappa shape index (κ1) is 19.3. The van der Waals surface area contributed by atoms with Gasteiger partial charge >= 0.3 is 0 Å². The third kappa shape index (κ3) is 4.76. The first-order valence-corrected chi connectivity index (χ1v) is 8.63. The molecule has 0 radical (unpaired) electrons. The minimum absolute atomic E-state index is 0.0650. The number of hydrogen-bond donors (Lipinski definition) is 1. The molecule has 2 aromatic carbocycles. The third-order valence-corrected chi connectivity index (χ3v) is 4.61. The topological polar surface area (TPSA) is 62.1 Å². The van der Waals surface area contributed by atoms with Crippen LogP contribution in [0.5, 0.6) is 5.75 Å². The predicted molar refractivity (Wildman–Crippen MR) is 104 cm³/mol. The maximum Gasteiger partial charge on any atom is 0.266 e. The van der Waals surface area contributed by atoms with Crippen LogP contribution < -0.4 is 10.1 Å². The molecule has 1 N–H and O–H groups in total. The van der Waals surface area contributed by atoms with Crippen molar-refractivity contribution in [2.45, 2.75) is 6.92 Å². The van der Waals surface area contributed by atoms with E-state index in [1.165, 1.54) is 13.2 Å². The van der Waals surface area contributed by atoms with Crippen LogP contribution in [-0.4, -0.2) is 13.0 Å². The molecule has 0 saturated carbocycles. The zero-order valence-electron chi connectivity index (χ0n) is 13.4. The molecule has 1 amide bonds. The molecule has 2 rings (SSSR count). The summed E-state index contributed by atoms with van der Waals surface area (Å²) in [4.78, 5) is 12.3. The molecule has 0 heterocycles. The number of nitriles is 1. The Morgan fingerprint density at radius 2 is 2.00 bits per heavy atom. The fraction of sp³-hybridized carbons (Fsp3) is 0.111. The summed E-state index contributed by atoms with van der Waals surface area (Å²) in [6, 6.07) is 10.3. The van der Waals surface area contributed by atoms with Gasteiger partial charge in [-0.25, -0.2) is 0 Å². The van der Waals surface area contributed by atoms with Crippen LogP contribution in [0.15, 0.2) is 40.4 Å². The van der Waals surface area contributed by atoms with Crippen LogP contribution in [0, 0.1) is 18.3 Å². The number of nitrogens with zero attached hydrogens (tertiary/aromatic N) is 1. The van der Waals surface area contributed by atoms with E-state index in [0.29, 0.717) is 31.5 Å². The zero-order valence-corrected chi connectivity index (χ0v) is 16.5. The van der Waals surface area contributed by atoms with Crippen LogP contribution in [0.4, 0.5) is 5.69 Å². The van der Waals surface area contributed by atoms with Crippen LogP contribution in [0.3, 0.4) is 0 Å². The van der Waals surface area contributed by atoms with Gasteiger partial charge in [0.1, 0.15) is 11.6 Å². The van der Waals surface area contributed by atoms with Crippen molar-refractivity contribution in [3.8, 4) is 11.8 Å². The smallest absolute Gasteiger partial charge is 0.266 e. The molecular weight excluding hydrogens is 427 g/mol. The number of aryl methyl sites for hydroxylation is 1. The van der Waals surface area contributed by atoms with E-state index in [1.807, 2.05) is 13.0 Å². The number of methoxy groups -OCH3 is 1. The predicted octanol–water partition coefficient (Wildman–Crippen LogP) is 5.62. The van der Waals surface area contributed by atoms with Gasteiger partial charge in [0.25, 0.3) is 5.91 Å². The van der Waals surface area contributed by atoms with Crippen molar-refractivity contribution in [2.24, 2.45) is 0 Å². The molecule has 4 nitrogen and oxygen atoms in total. The second-order valence-electron chi connectivity index (χ2n) is 5.11. The van der Waals surface area contributed by atoms with Crippen LogP contribution >= 0.6 is 39.1 Å². The average Bonchev–Trinajstić information content (AvgIpc) is 2.55. The van der Waals surface area contributed by atoms with E-state index in [1.54, 1.807) is 30.3 Å². The molecule has 0 aliphatic rings. The number of hydrogen-bond acceptors (Lipinski definition) is 3. The second kappa shape index (κ2) is 8.39. The lowest BCUT2D eigenvalue weighted by Gasteiger charge is -2.08. The Kier molecular flexibility index (Phi) is 6.49. The first-order chi connectivity index (χ1) is 11.8. The first-order valence-electron chi connectivity index (χ1n) is 7.08. The Hall–Kier alpha value is -2.00. The lowest BCUT2D eigenvalue weighted by atomic mass is 10.1. The van der Waals surface area contributed by atoms with Gasteiger partial charge in [-0.2, -0.15) is 5.26 Å². The monoisotopic (exact) mass is 438 g/mol. The molecule has 0 aromatic heterocycles. The van der Waals surface area contributed by atoms with Crippen LogP contribution in [-0.2, 0) is 4.79 Å². The zero-order chi connectivity index (χ0) is 18.6. The summed E-state index contributed by atoms with van der Waals surface area (Å²) < 4.78 is 5.78. The molecule has 25 heavy (non-hydrogen) atoms. The number of amides is 1. The van der Waals surface area contributed by atoms with Gasteiger partial charge in [0, 0.05) is 10.7 Å². The molecule has 0 bridgehead atoms. The van der Waals surface area contributed by atoms with Gasteiger partial charge in [-0.05, 0) is 64.3 Å². The van der Waals surface area contributed by atoms with E-state index in [9.17, 15) is 10.1 Å². The van der Waals surface area contributed by atoms with E-state index in [2.05, 4.69) is 21.2 Å². The molecule has 0 atom stereocenters. The minimum Gasteiger partial charge on any atom is -0.494 e. The van der Waals surface area contributed by atoms with E-state index in [4.69, 9.17) is 27.9 Å². The lowest BCUT2D eigenvalue weighted by Crippen LogP contribution is -2.13. The molecule has 0 unspecified atom stereocenters. The highest BCUT2D eigenvalue weighted by Crippen LogP contribution is 2.34.